The smallest absolute Gasteiger partial charge is 0.230 e. The van der Waals surface area contributed by atoms with Crippen molar-refractivity contribution in [2.75, 3.05) is 5.73 Å². The third kappa shape index (κ3) is 2.52. The van der Waals surface area contributed by atoms with Crippen molar-refractivity contribution in [3.63, 3.8) is 0 Å². The molecule has 2 aromatic carbocycles. The Labute approximate surface area is 128 Å². The van der Waals surface area contributed by atoms with Crippen LogP contribution < -0.4 is 5.73 Å². The summed E-state index contributed by atoms with van der Waals surface area (Å²) in [6, 6.07) is 13.9. The predicted molar refractivity (Wildman–Crippen MR) is 86.3 cm³/mol. The molecule has 1 heterocycles. The second-order valence-electron chi connectivity index (χ2n) is 5.10. The molecule has 0 atom stereocenters. The Hall–Kier alpha value is -2.26. The monoisotopic (exact) mass is 298 g/mol. The SMILES string of the molecule is Cc1cccc(-c2c(-c3ccc(Cl)c(C)c3)noc2N)c1. The second-order valence-corrected chi connectivity index (χ2v) is 5.51. The highest BCUT2D eigenvalue weighted by atomic mass is 35.5. The number of halogens is 1. The lowest BCUT2D eigenvalue weighted by atomic mass is 9.99. The summed E-state index contributed by atoms with van der Waals surface area (Å²) in [6.45, 7) is 4.00. The fraction of sp³-hybridized carbons (Fsp3) is 0.118. The number of hydrogen-bond donors (Lipinski definition) is 1. The van der Waals surface area contributed by atoms with Gasteiger partial charge in [0.1, 0.15) is 5.69 Å². The first-order chi connectivity index (χ1) is 10.1. The Morgan fingerprint density at radius 1 is 1.05 bits per heavy atom. The molecule has 0 bridgehead atoms. The second kappa shape index (κ2) is 5.26. The molecule has 2 N–H and O–H groups in total. The molecular formula is C17H15ClN2O. The van der Waals surface area contributed by atoms with Gasteiger partial charge in [0, 0.05) is 10.6 Å². The van der Waals surface area contributed by atoms with Crippen LogP contribution in [-0.4, -0.2) is 5.16 Å². The summed E-state index contributed by atoms with van der Waals surface area (Å²) >= 11 is 6.08. The van der Waals surface area contributed by atoms with E-state index in [0.717, 1.165) is 38.5 Å². The van der Waals surface area contributed by atoms with Gasteiger partial charge in [0.05, 0.1) is 5.56 Å². The molecule has 0 fully saturated rings. The maximum atomic E-state index is 6.08. The van der Waals surface area contributed by atoms with Crippen LogP contribution in [0.5, 0.6) is 0 Å². The summed E-state index contributed by atoms with van der Waals surface area (Å²) in [7, 11) is 0. The number of anilines is 1. The van der Waals surface area contributed by atoms with E-state index in [9.17, 15) is 0 Å². The number of nitrogen functional groups attached to an aromatic ring is 1. The van der Waals surface area contributed by atoms with E-state index in [4.69, 9.17) is 21.9 Å². The van der Waals surface area contributed by atoms with Gasteiger partial charge in [-0.2, -0.15) is 0 Å². The van der Waals surface area contributed by atoms with Gasteiger partial charge in [0.15, 0.2) is 0 Å². The molecule has 0 saturated carbocycles. The van der Waals surface area contributed by atoms with Crippen molar-refractivity contribution in [3.05, 3.63) is 58.6 Å². The molecule has 0 aliphatic carbocycles. The molecule has 3 nitrogen and oxygen atoms in total. The zero-order valence-electron chi connectivity index (χ0n) is 11.9. The fourth-order valence-corrected chi connectivity index (χ4v) is 2.49. The van der Waals surface area contributed by atoms with E-state index in [1.165, 1.54) is 0 Å². The van der Waals surface area contributed by atoms with Crippen molar-refractivity contribution in [3.8, 4) is 22.4 Å². The molecule has 0 amide bonds. The van der Waals surface area contributed by atoms with Gasteiger partial charge in [-0.3, -0.25) is 0 Å². The summed E-state index contributed by atoms with van der Waals surface area (Å²) in [5, 5.41) is 4.85. The Morgan fingerprint density at radius 2 is 1.86 bits per heavy atom. The number of benzene rings is 2. The van der Waals surface area contributed by atoms with Crippen molar-refractivity contribution in [1.29, 1.82) is 0 Å². The molecule has 0 saturated heterocycles. The van der Waals surface area contributed by atoms with Crippen LogP contribution >= 0.6 is 11.6 Å². The van der Waals surface area contributed by atoms with Gasteiger partial charge in [0.2, 0.25) is 5.88 Å². The number of aryl methyl sites for hydroxylation is 2. The lowest BCUT2D eigenvalue weighted by Crippen LogP contribution is -1.89. The number of aromatic nitrogens is 1. The predicted octanol–water partition coefficient (Wildman–Crippen LogP) is 4.86. The average Bonchev–Trinajstić information content (AvgIpc) is 2.84. The van der Waals surface area contributed by atoms with E-state index in [1.54, 1.807) is 0 Å². The van der Waals surface area contributed by atoms with Gasteiger partial charge < -0.3 is 10.3 Å². The Morgan fingerprint density at radius 3 is 2.57 bits per heavy atom. The topological polar surface area (TPSA) is 52.0 Å². The third-order valence-corrected chi connectivity index (χ3v) is 3.88. The molecule has 1 aromatic heterocycles. The standard InChI is InChI=1S/C17H15ClN2O/c1-10-4-3-5-12(8-10)15-16(20-21-17(15)19)13-6-7-14(18)11(2)9-13/h3-9H,19H2,1-2H3. The summed E-state index contributed by atoms with van der Waals surface area (Å²) in [6.07, 6.45) is 0. The summed E-state index contributed by atoms with van der Waals surface area (Å²) in [4.78, 5) is 0. The number of nitrogens with two attached hydrogens (primary N) is 1. The van der Waals surface area contributed by atoms with Crippen LogP contribution in [0.25, 0.3) is 22.4 Å². The number of rotatable bonds is 2. The molecule has 0 unspecified atom stereocenters. The van der Waals surface area contributed by atoms with Gasteiger partial charge in [-0.05, 0) is 37.1 Å². The zero-order valence-corrected chi connectivity index (χ0v) is 12.6. The summed E-state index contributed by atoms with van der Waals surface area (Å²) in [5.41, 5.74) is 11.6. The minimum atomic E-state index is 0.322. The number of nitrogens with zero attached hydrogens (tertiary/aromatic N) is 1. The highest BCUT2D eigenvalue weighted by Gasteiger charge is 2.17. The average molecular weight is 299 g/mol. The Kier molecular flexibility index (Phi) is 3.43. The maximum Gasteiger partial charge on any atom is 0.230 e. The molecule has 3 rings (SSSR count). The molecule has 3 aromatic rings. The highest BCUT2D eigenvalue weighted by molar-refractivity contribution is 6.31. The van der Waals surface area contributed by atoms with E-state index >= 15 is 0 Å². The zero-order chi connectivity index (χ0) is 15.0. The quantitative estimate of drug-likeness (QED) is 0.735. The van der Waals surface area contributed by atoms with E-state index in [-0.39, 0.29) is 0 Å². The molecule has 106 valence electrons. The third-order valence-electron chi connectivity index (χ3n) is 3.46. The van der Waals surface area contributed by atoms with Gasteiger partial charge in [-0.15, -0.1) is 0 Å². The van der Waals surface area contributed by atoms with Crippen LogP contribution in [0.15, 0.2) is 47.0 Å². The summed E-state index contributed by atoms with van der Waals surface area (Å²) < 4.78 is 5.21. The van der Waals surface area contributed by atoms with E-state index < -0.39 is 0 Å². The van der Waals surface area contributed by atoms with Crippen LogP contribution in [0, 0.1) is 13.8 Å². The van der Waals surface area contributed by atoms with Gasteiger partial charge in [-0.1, -0.05) is 52.7 Å². The van der Waals surface area contributed by atoms with Gasteiger partial charge in [0.25, 0.3) is 0 Å². The first-order valence-electron chi connectivity index (χ1n) is 6.65. The van der Waals surface area contributed by atoms with Crippen molar-refractivity contribution in [1.82, 2.24) is 5.16 Å². The normalized spacial score (nSPS) is 10.8. The Balaban J connectivity index is 2.19. The van der Waals surface area contributed by atoms with E-state index in [0.29, 0.717) is 5.88 Å². The molecule has 0 radical (unpaired) electrons. The molecular weight excluding hydrogens is 284 g/mol. The molecule has 0 spiro atoms. The van der Waals surface area contributed by atoms with Gasteiger partial charge in [-0.25, -0.2) is 0 Å². The largest absolute Gasteiger partial charge is 0.367 e. The molecule has 0 aliphatic heterocycles. The Bertz CT molecular complexity index is 808. The fourth-order valence-electron chi connectivity index (χ4n) is 2.37. The first-order valence-corrected chi connectivity index (χ1v) is 7.03. The van der Waals surface area contributed by atoms with Crippen LogP contribution in [0.4, 0.5) is 5.88 Å². The van der Waals surface area contributed by atoms with Crippen molar-refractivity contribution in [2.24, 2.45) is 0 Å². The minimum absolute atomic E-state index is 0.322. The lowest BCUT2D eigenvalue weighted by Gasteiger charge is -2.05. The first kappa shape index (κ1) is 13.7. The molecule has 21 heavy (non-hydrogen) atoms. The lowest BCUT2D eigenvalue weighted by molar-refractivity contribution is 0.439. The van der Waals surface area contributed by atoms with Crippen LogP contribution in [0.3, 0.4) is 0 Å². The van der Waals surface area contributed by atoms with Crippen LogP contribution in [0.2, 0.25) is 5.02 Å². The van der Waals surface area contributed by atoms with E-state index in [1.807, 2.05) is 50.2 Å². The van der Waals surface area contributed by atoms with E-state index in [2.05, 4.69) is 11.2 Å². The summed E-state index contributed by atoms with van der Waals surface area (Å²) in [5.74, 6) is 0.322. The van der Waals surface area contributed by atoms with Crippen LogP contribution in [0.1, 0.15) is 11.1 Å². The maximum absolute atomic E-state index is 6.08. The van der Waals surface area contributed by atoms with Crippen molar-refractivity contribution in [2.45, 2.75) is 13.8 Å². The van der Waals surface area contributed by atoms with Crippen LogP contribution in [-0.2, 0) is 0 Å². The highest BCUT2D eigenvalue weighted by Crippen LogP contribution is 2.37. The molecule has 0 aliphatic rings. The van der Waals surface area contributed by atoms with Crippen molar-refractivity contribution < 1.29 is 4.52 Å². The minimum Gasteiger partial charge on any atom is -0.367 e. The van der Waals surface area contributed by atoms with Crippen molar-refractivity contribution >= 4 is 17.5 Å². The molecule has 4 heteroatoms. The number of hydrogen-bond acceptors (Lipinski definition) is 3. The van der Waals surface area contributed by atoms with Gasteiger partial charge >= 0.3 is 0 Å².